The maximum atomic E-state index is 13.0. The summed E-state index contributed by atoms with van der Waals surface area (Å²) in [5.74, 6) is 0.295. The number of amides is 2. The number of nitrogens with one attached hydrogen (secondary N) is 2. The van der Waals surface area contributed by atoms with E-state index in [1.54, 1.807) is 0 Å². The molecule has 2 aromatic rings. The summed E-state index contributed by atoms with van der Waals surface area (Å²) in [6.07, 6.45) is 0.884. The number of hydrogen-bond donors (Lipinski definition) is 2. The maximum Gasteiger partial charge on any atom is 0.319 e. The molecule has 0 aliphatic rings. The summed E-state index contributed by atoms with van der Waals surface area (Å²) >= 11 is 5.65. The Morgan fingerprint density at radius 1 is 1.26 bits per heavy atom. The molecule has 0 unspecified atom stereocenters. The number of urea groups is 1. The molecule has 122 valence electrons. The molecular weight excluding hydrogens is 319 g/mol. The number of halogens is 2. The molecule has 4 nitrogen and oxygen atoms in total. The molecule has 23 heavy (non-hydrogen) atoms. The van der Waals surface area contributed by atoms with E-state index < -0.39 is 11.8 Å². The van der Waals surface area contributed by atoms with E-state index in [4.69, 9.17) is 16.3 Å². The van der Waals surface area contributed by atoms with Gasteiger partial charge >= 0.3 is 6.03 Å². The van der Waals surface area contributed by atoms with Gasteiger partial charge in [0.25, 0.3) is 0 Å². The van der Waals surface area contributed by atoms with Crippen molar-refractivity contribution in [1.29, 1.82) is 0 Å². The smallest absolute Gasteiger partial charge is 0.319 e. The molecule has 0 aromatic heterocycles. The Morgan fingerprint density at radius 2 is 2.04 bits per heavy atom. The van der Waals surface area contributed by atoms with Crippen molar-refractivity contribution in [3.05, 3.63) is 58.9 Å². The first kappa shape index (κ1) is 17.1. The molecule has 0 heterocycles. The molecule has 0 spiro atoms. The van der Waals surface area contributed by atoms with Crippen LogP contribution in [0.1, 0.15) is 12.5 Å². The van der Waals surface area contributed by atoms with Crippen LogP contribution in [0, 0.1) is 5.82 Å². The minimum absolute atomic E-state index is 0.0395. The van der Waals surface area contributed by atoms with Gasteiger partial charge in [-0.3, -0.25) is 0 Å². The highest BCUT2D eigenvalue weighted by Crippen LogP contribution is 2.19. The Hall–Kier alpha value is -2.27. The average Bonchev–Trinajstić information content (AvgIpc) is 2.55. The molecule has 0 saturated heterocycles. The van der Waals surface area contributed by atoms with E-state index in [0.29, 0.717) is 18.8 Å². The van der Waals surface area contributed by atoms with Crippen molar-refractivity contribution in [1.82, 2.24) is 5.32 Å². The number of para-hydroxylation sites is 1. The first-order valence-corrected chi connectivity index (χ1v) is 7.68. The fourth-order valence-corrected chi connectivity index (χ4v) is 2.19. The summed E-state index contributed by atoms with van der Waals surface area (Å²) in [5, 5.41) is 5.20. The third-order valence-electron chi connectivity index (χ3n) is 3.18. The van der Waals surface area contributed by atoms with Crippen LogP contribution in [-0.2, 0) is 6.42 Å². The first-order chi connectivity index (χ1) is 11.1. The fraction of sp³-hybridized carbons (Fsp3) is 0.235. The monoisotopic (exact) mass is 336 g/mol. The third kappa shape index (κ3) is 5.14. The lowest BCUT2D eigenvalue weighted by atomic mass is 10.1. The van der Waals surface area contributed by atoms with Crippen molar-refractivity contribution in [3.8, 4) is 5.75 Å². The topological polar surface area (TPSA) is 50.4 Å². The highest BCUT2D eigenvalue weighted by Gasteiger charge is 2.05. The van der Waals surface area contributed by atoms with E-state index in [9.17, 15) is 9.18 Å². The maximum absolute atomic E-state index is 13.0. The lowest BCUT2D eigenvalue weighted by Crippen LogP contribution is -2.32. The number of carbonyl (C=O) groups excluding carboxylic acids is 1. The van der Waals surface area contributed by atoms with Gasteiger partial charge in [-0.1, -0.05) is 36.7 Å². The first-order valence-electron chi connectivity index (χ1n) is 7.30. The molecule has 0 bridgehead atoms. The molecule has 0 aliphatic heterocycles. The summed E-state index contributed by atoms with van der Waals surface area (Å²) in [5.41, 5.74) is 1.55. The van der Waals surface area contributed by atoms with E-state index in [2.05, 4.69) is 17.6 Å². The van der Waals surface area contributed by atoms with Crippen LogP contribution in [0.2, 0.25) is 5.02 Å². The van der Waals surface area contributed by atoms with Crippen molar-refractivity contribution in [2.75, 3.05) is 18.5 Å². The molecule has 0 fully saturated rings. The lowest BCUT2D eigenvalue weighted by molar-refractivity contribution is 0.247. The third-order valence-corrected chi connectivity index (χ3v) is 3.47. The van der Waals surface area contributed by atoms with Gasteiger partial charge in [0.05, 0.1) is 11.6 Å². The van der Waals surface area contributed by atoms with Crippen molar-refractivity contribution in [2.24, 2.45) is 0 Å². The number of aryl methyl sites for hydroxylation is 1. The molecule has 0 radical (unpaired) electrons. The number of hydrogen-bond acceptors (Lipinski definition) is 2. The second-order valence-electron chi connectivity index (χ2n) is 4.82. The molecule has 2 rings (SSSR count). The second kappa shape index (κ2) is 8.39. The van der Waals surface area contributed by atoms with Gasteiger partial charge in [0, 0.05) is 5.69 Å². The van der Waals surface area contributed by atoms with Gasteiger partial charge in [0.2, 0.25) is 0 Å². The molecule has 2 amide bonds. The van der Waals surface area contributed by atoms with E-state index in [1.807, 2.05) is 24.3 Å². The molecular formula is C17H18ClFN2O2. The standard InChI is InChI=1S/C17H18ClFN2O2/c1-2-12-5-3-4-6-16(12)23-10-9-20-17(22)21-13-7-8-15(19)14(18)11-13/h3-8,11H,2,9-10H2,1H3,(H2,20,21,22). The van der Waals surface area contributed by atoms with Crippen LogP contribution >= 0.6 is 11.6 Å². The van der Waals surface area contributed by atoms with Gasteiger partial charge in [-0.15, -0.1) is 0 Å². The van der Waals surface area contributed by atoms with Crippen LogP contribution in [-0.4, -0.2) is 19.2 Å². The molecule has 2 aromatic carbocycles. The summed E-state index contributed by atoms with van der Waals surface area (Å²) in [6, 6.07) is 11.4. The Kier molecular flexibility index (Phi) is 6.23. The summed E-state index contributed by atoms with van der Waals surface area (Å²) < 4.78 is 18.7. The van der Waals surface area contributed by atoms with E-state index in [-0.39, 0.29) is 5.02 Å². The van der Waals surface area contributed by atoms with Gasteiger partial charge in [-0.05, 0) is 36.2 Å². The number of carbonyl (C=O) groups is 1. The van der Waals surface area contributed by atoms with Crippen molar-refractivity contribution >= 4 is 23.3 Å². The highest BCUT2D eigenvalue weighted by molar-refractivity contribution is 6.31. The van der Waals surface area contributed by atoms with Gasteiger partial charge in [0.15, 0.2) is 0 Å². The number of anilines is 1. The van der Waals surface area contributed by atoms with Crippen LogP contribution in [0.15, 0.2) is 42.5 Å². The van der Waals surface area contributed by atoms with Crippen molar-refractivity contribution in [2.45, 2.75) is 13.3 Å². The lowest BCUT2D eigenvalue weighted by Gasteiger charge is -2.11. The Labute approximate surface area is 139 Å². The second-order valence-corrected chi connectivity index (χ2v) is 5.23. The summed E-state index contributed by atoms with van der Waals surface area (Å²) in [7, 11) is 0. The van der Waals surface area contributed by atoms with Crippen LogP contribution in [0.3, 0.4) is 0 Å². The normalized spacial score (nSPS) is 10.2. The van der Waals surface area contributed by atoms with E-state index >= 15 is 0 Å². The SMILES string of the molecule is CCc1ccccc1OCCNC(=O)Nc1ccc(F)c(Cl)c1. The van der Waals surface area contributed by atoms with Crippen molar-refractivity contribution in [3.63, 3.8) is 0 Å². The van der Waals surface area contributed by atoms with Crippen LogP contribution in [0.25, 0.3) is 0 Å². The molecule has 0 saturated carbocycles. The molecule has 0 atom stereocenters. The predicted molar refractivity (Wildman–Crippen MR) is 89.7 cm³/mol. The Morgan fingerprint density at radius 3 is 2.78 bits per heavy atom. The van der Waals surface area contributed by atoms with Gasteiger partial charge in [0.1, 0.15) is 18.2 Å². The molecule has 0 aliphatic carbocycles. The Balaban J connectivity index is 1.75. The van der Waals surface area contributed by atoms with Gasteiger partial charge in [-0.2, -0.15) is 0 Å². The number of benzene rings is 2. The summed E-state index contributed by atoms with van der Waals surface area (Å²) in [4.78, 5) is 11.7. The summed E-state index contributed by atoms with van der Waals surface area (Å²) in [6.45, 7) is 2.76. The average molecular weight is 337 g/mol. The number of ether oxygens (including phenoxy) is 1. The van der Waals surface area contributed by atoms with Crippen LogP contribution in [0.5, 0.6) is 5.75 Å². The van der Waals surface area contributed by atoms with Crippen LogP contribution < -0.4 is 15.4 Å². The van der Waals surface area contributed by atoms with Gasteiger partial charge in [-0.25, -0.2) is 9.18 Å². The highest BCUT2D eigenvalue weighted by atomic mass is 35.5. The van der Waals surface area contributed by atoms with Crippen LogP contribution in [0.4, 0.5) is 14.9 Å². The van der Waals surface area contributed by atoms with Crippen molar-refractivity contribution < 1.29 is 13.9 Å². The molecule has 2 N–H and O–H groups in total. The predicted octanol–water partition coefficient (Wildman–Crippen LogP) is 4.24. The minimum atomic E-state index is -0.527. The zero-order valence-corrected chi connectivity index (χ0v) is 13.5. The minimum Gasteiger partial charge on any atom is -0.491 e. The van der Waals surface area contributed by atoms with Gasteiger partial charge < -0.3 is 15.4 Å². The molecule has 6 heteroatoms. The Bertz CT molecular complexity index is 679. The largest absolute Gasteiger partial charge is 0.491 e. The zero-order chi connectivity index (χ0) is 16.7. The van der Waals surface area contributed by atoms with E-state index in [1.165, 1.54) is 18.2 Å². The number of rotatable bonds is 6. The van der Waals surface area contributed by atoms with E-state index in [0.717, 1.165) is 17.7 Å². The zero-order valence-electron chi connectivity index (χ0n) is 12.7. The fourth-order valence-electron chi connectivity index (χ4n) is 2.01. The quantitative estimate of drug-likeness (QED) is 0.775.